The lowest BCUT2D eigenvalue weighted by Crippen LogP contribution is -2.46. The van der Waals surface area contributed by atoms with Crippen LogP contribution in [-0.4, -0.2) is 80.2 Å². The van der Waals surface area contributed by atoms with Crippen LogP contribution < -0.4 is 9.80 Å². The third-order valence-electron chi connectivity index (χ3n) is 5.28. The molecule has 3 aliphatic heterocycles. The number of anilines is 2. The minimum atomic E-state index is -0.347. The number of ether oxygens (including phenoxy) is 2. The first-order valence-corrected chi connectivity index (χ1v) is 8.96. The zero-order chi connectivity index (χ0) is 16.6. The van der Waals surface area contributed by atoms with Crippen LogP contribution in [0.4, 0.5) is 11.8 Å². The van der Waals surface area contributed by atoms with Crippen molar-refractivity contribution in [2.24, 2.45) is 0 Å². The SMILES string of the molecule is Cc1cc(N2CCN(C)CC2)nc(N2CCC3(CC2)OCCO3)n1. The van der Waals surface area contributed by atoms with E-state index in [1.165, 1.54) is 0 Å². The Morgan fingerprint density at radius 1 is 0.917 bits per heavy atom. The maximum absolute atomic E-state index is 5.82. The van der Waals surface area contributed by atoms with Crippen molar-refractivity contribution in [3.8, 4) is 0 Å². The number of hydrogen-bond donors (Lipinski definition) is 0. The van der Waals surface area contributed by atoms with Crippen molar-refractivity contribution >= 4 is 11.8 Å². The number of piperazine rings is 1. The predicted octanol–water partition coefficient (Wildman–Crippen LogP) is 0.880. The zero-order valence-electron chi connectivity index (χ0n) is 14.7. The number of piperidine rings is 1. The fraction of sp³-hybridized carbons (Fsp3) is 0.765. The largest absolute Gasteiger partial charge is 0.354 e. The number of rotatable bonds is 2. The van der Waals surface area contributed by atoms with Crippen LogP contribution in [-0.2, 0) is 9.47 Å². The summed E-state index contributed by atoms with van der Waals surface area (Å²) in [5, 5.41) is 0. The van der Waals surface area contributed by atoms with Crippen LogP contribution in [0.25, 0.3) is 0 Å². The third kappa shape index (κ3) is 3.20. The third-order valence-corrected chi connectivity index (χ3v) is 5.28. The number of likely N-dealkylation sites (N-methyl/N-ethyl adjacent to an activating group) is 1. The van der Waals surface area contributed by atoms with Crippen molar-refractivity contribution in [2.75, 3.05) is 69.3 Å². The monoisotopic (exact) mass is 333 g/mol. The average Bonchev–Trinajstić information content (AvgIpc) is 3.04. The van der Waals surface area contributed by atoms with Gasteiger partial charge in [0, 0.05) is 63.9 Å². The lowest BCUT2D eigenvalue weighted by Gasteiger charge is -2.38. The van der Waals surface area contributed by atoms with Gasteiger partial charge in [-0.3, -0.25) is 0 Å². The fourth-order valence-corrected chi connectivity index (χ4v) is 3.71. The normalized spacial score (nSPS) is 24.8. The molecule has 0 unspecified atom stereocenters. The van der Waals surface area contributed by atoms with Crippen molar-refractivity contribution < 1.29 is 9.47 Å². The predicted molar refractivity (Wildman–Crippen MR) is 92.6 cm³/mol. The molecule has 4 rings (SSSR count). The van der Waals surface area contributed by atoms with Gasteiger partial charge >= 0.3 is 0 Å². The molecule has 3 fully saturated rings. The van der Waals surface area contributed by atoms with Crippen molar-refractivity contribution in [3.63, 3.8) is 0 Å². The maximum atomic E-state index is 5.82. The number of aryl methyl sites for hydroxylation is 1. The second-order valence-corrected chi connectivity index (χ2v) is 7.05. The highest BCUT2D eigenvalue weighted by molar-refractivity contribution is 5.46. The summed E-state index contributed by atoms with van der Waals surface area (Å²) in [6.45, 7) is 9.46. The molecule has 0 radical (unpaired) electrons. The summed E-state index contributed by atoms with van der Waals surface area (Å²) >= 11 is 0. The molecule has 0 saturated carbocycles. The van der Waals surface area contributed by atoms with Crippen molar-refractivity contribution in [3.05, 3.63) is 11.8 Å². The van der Waals surface area contributed by atoms with Crippen LogP contribution in [0.1, 0.15) is 18.5 Å². The van der Waals surface area contributed by atoms with Crippen LogP contribution in [0, 0.1) is 6.92 Å². The lowest BCUT2D eigenvalue weighted by molar-refractivity contribution is -0.169. The van der Waals surface area contributed by atoms with Gasteiger partial charge in [-0.1, -0.05) is 0 Å². The Kier molecular flexibility index (Phi) is 4.32. The standard InChI is InChI=1S/C17H27N5O2/c1-14-13-15(21-9-7-20(2)8-10-21)19-16(18-14)22-5-3-17(4-6-22)23-11-12-24-17/h13H,3-12H2,1-2H3. The summed E-state index contributed by atoms with van der Waals surface area (Å²) < 4.78 is 11.6. The van der Waals surface area contributed by atoms with Gasteiger partial charge in [0.15, 0.2) is 5.79 Å². The van der Waals surface area contributed by atoms with Crippen LogP contribution in [0.2, 0.25) is 0 Å². The molecule has 0 aliphatic carbocycles. The van der Waals surface area contributed by atoms with E-state index in [-0.39, 0.29) is 5.79 Å². The van der Waals surface area contributed by atoms with E-state index < -0.39 is 0 Å². The number of nitrogens with zero attached hydrogens (tertiary/aromatic N) is 5. The van der Waals surface area contributed by atoms with E-state index in [0.717, 1.165) is 69.6 Å². The number of hydrogen-bond acceptors (Lipinski definition) is 7. The molecule has 24 heavy (non-hydrogen) atoms. The van der Waals surface area contributed by atoms with Gasteiger partial charge in [-0.2, -0.15) is 4.98 Å². The second kappa shape index (κ2) is 6.46. The molecule has 1 spiro atoms. The Hall–Kier alpha value is -1.44. The quantitative estimate of drug-likeness (QED) is 0.796. The van der Waals surface area contributed by atoms with E-state index in [4.69, 9.17) is 14.5 Å². The Morgan fingerprint density at radius 2 is 1.58 bits per heavy atom. The minimum absolute atomic E-state index is 0.347. The van der Waals surface area contributed by atoms with E-state index >= 15 is 0 Å². The summed E-state index contributed by atoms with van der Waals surface area (Å²) in [5.41, 5.74) is 1.03. The first-order valence-electron chi connectivity index (χ1n) is 8.96. The highest BCUT2D eigenvalue weighted by Crippen LogP contribution is 2.32. The minimum Gasteiger partial charge on any atom is -0.354 e. The molecule has 7 nitrogen and oxygen atoms in total. The Morgan fingerprint density at radius 3 is 2.25 bits per heavy atom. The van der Waals surface area contributed by atoms with E-state index in [1.54, 1.807) is 0 Å². The van der Waals surface area contributed by atoms with Gasteiger partial charge in [-0.25, -0.2) is 4.98 Å². The average molecular weight is 333 g/mol. The summed E-state index contributed by atoms with van der Waals surface area (Å²) in [6, 6.07) is 2.10. The molecule has 3 saturated heterocycles. The summed E-state index contributed by atoms with van der Waals surface area (Å²) in [7, 11) is 2.17. The Labute approximate surface area is 143 Å². The van der Waals surface area contributed by atoms with Crippen molar-refractivity contribution in [1.82, 2.24) is 14.9 Å². The molecule has 1 aromatic heterocycles. The zero-order valence-corrected chi connectivity index (χ0v) is 14.7. The van der Waals surface area contributed by atoms with E-state index in [1.807, 2.05) is 0 Å². The van der Waals surface area contributed by atoms with Gasteiger partial charge in [-0.15, -0.1) is 0 Å². The first kappa shape index (κ1) is 16.1. The second-order valence-electron chi connectivity index (χ2n) is 7.05. The molecule has 0 atom stereocenters. The van der Waals surface area contributed by atoms with Crippen molar-refractivity contribution in [1.29, 1.82) is 0 Å². The molecule has 0 N–H and O–H groups in total. The van der Waals surface area contributed by atoms with Crippen molar-refractivity contribution in [2.45, 2.75) is 25.6 Å². The molecule has 0 amide bonds. The van der Waals surface area contributed by atoms with Gasteiger partial charge in [0.25, 0.3) is 0 Å². The maximum Gasteiger partial charge on any atom is 0.227 e. The van der Waals surface area contributed by atoms with E-state index in [9.17, 15) is 0 Å². The molecular formula is C17H27N5O2. The van der Waals surface area contributed by atoms with Gasteiger partial charge in [-0.05, 0) is 14.0 Å². The molecule has 7 heteroatoms. The highest BCUT2D eigenvalue weighted by Gasteiger charge is 2.40. The Bertz CT molecular complexity index is 572. The lowest BCUT2D eigenvalue weighted by atomic mass is 10.0. The first-order chi connectivity index (χ1) is 11.6. The van der Waals surface area contributed by atoms with E-state index in [2.05, 4.69) is 39.7 Å². The smallest absolute Gasteiger partial charge is 0.227 e. The van der Waals surface area contributed by atoms with Gasteiger partial charge in [0.2, 0.25) is 5.95 Å². The highest BCUT2D eigenvalue weighted by atomic mass is 16.7. The molecule has 0 aromatic carbocycles. The van der Waals surface area contributed by atoms with E-state index in [0.29, 0.717) is 13.2 Å². The van der Waals surface area contributed by atoms with Gasteiger partial charge in [0.1, 0.15) is 5.82 Å². The molecule has 4 heterocycles. The number of aromatic nitrogens is 2. The molecule has 0 bridgehead atoms. The van der Waals surface area contributed by atoms with Crippen LogP contribution in [0.3, 0.4) is 0 Å². The van der Waals surface area contributed by atoms with Crippen LogP contribution in [0.5, 0.6) is 0 Å². The molecule has 132 valence electrons. The summed E-state index contributed by atoms with van der Waals surface area (Å²) in [5.74, 6) is 1.55. The summed E-state index contributed by atoms with van der Waals surface area (Å²) in [4.78, 5) is 16.5. The molecule has 1 aromatic rings. The fourth-order valence-electron chi connectivity index (χ4n) is 3.71. The van der Waals surface area contributed by atoms with Crippen LogP contribution in [0.15, 0.2) is 6.07 Å². The molecule has 3 aliphatic rings. The van der Waals surface area contributed by atoms with Crippen LogP contribution >= 0.6 is 0 Å². The van der Waals surface area contributed by atoms with Gasteiger partial charge in [0.05, 0.1) is 13.2 Å². The molecular weight excluding hydrogens is 306 g/mol. The van der Waals surface area contributed by atoms with Gasteiger partial charge < -0.3 is 24.2 Å². The Balaban J connectivity index is 1.47. The summed E-state index contributed by atoms with van der Waals surface area (Å²) in [6.07, 6.45) is 1.77. The topological polar surface area (TPSA) is 54.0 Å².